The molecule has 1 N–H and O–H groups in total. The molecule has 3 rings (SSSR count). The van der Waals surface area contributed by atoms with Crippen LogP contribution >= 0.6 is 0 Å². The summed E-state index contributed by atoms with van der Waals surface area (Å²) in [5.41, 5.74) is 1.24. The van der Waals surface area contributed by atoms with Gasteiger partial charge in [-0.05, 0) is 43.5 Å². The van der Waals surface area contributed by atoms with E-state index in [1.807, 2.05) is 12.1 Å². The highest BCUT2D eigenvalue weighted by atomic mass is 16.5. The summed E-state index contributed by atoms with van der Waals surface area (Å²) in [7, 11) is 2.18. The molecule has 6 nitrogen and oxygen atoms in total. The van der Waals surface area contributed by atoms with Crippen LogP contribution in [0.25, 0.3) is 0 Å². The molecule has 0 radical (unpaired) electrons. The molecule has 0 spiro atoms. The summed E-state index contributed by atoms with van der Waals surface area (Å²) in [6, 6.07) is 8.21. The van der Waals surface area contributed by atoms with Gasteiger partial charge >= 0.3 is 0 Å². The molecular formula is C21H34N2O4. The summed E-state index contributed by atoms with van der Waals surface area (Å²) in [5.74, 6) is 1.56. The summed E-state index contributed by atoms with van der Waals surface area (Å²) in [6.07, 6.45) is 1.84. The Hall–Kier alpha value is -1.18. The number of hydrogen-bond donors (Lipinski definition) is 1. The van der Waals surface area contributed by atoms with Crippen LogP contribution in [-0.4, -0.2) is 87.3 Å². The van der Waals surface area contributed by atoms with Gasteiger partial charge in [0.25, 0.3) is 0 Å². The van der Waals surface area contributed by atoms with Gasteiger partial charge < -0.3 is 24.2 Å². The SMILES string of the molecule is CN(Cc1cccc(OCC(O)CN2CCOCC2)c1)CC1CCOCC1. The third kappa shape index (κ3) is 7.39. The van der Waals surface area contributed by atoms with Crippen LogP contribution in [0.2, 0.25) is 0 Å². The predicted octanol–water partition coefficient (Wildman–Crippen LogP) is 1.62. The van der Waals surface area contributed by atoms with Crippen LogP contribution < -0.4 is 4.74 Å². The molecule has 152 valence electrons. The van der Waals surface area contributed by atoms with Crippen molar-refractivity contribution in [2.75, 3.05) is 66.3 Å². The molecule has 1 unspecified atom stereocenters. The molecule has 0 bridgehead atoms. The van der Waals surface area contributed by atoms with Crippen LogP contribution in [0.1, 0.15) is 18.4 Å². The number of morpholine rings is 1. The topological polar surface area (TPSA) is 54.4 Å². The van der Waals surface area contributed by atoms with E-state index in [4.69, 9.17) is 14.2 Å². The van der Waals surface area contributed by atoms with Gasteiger partial charge in [0.15, 0.2) is 0 Å². The number of hydrogen-bond acceptors (Lipinski definition) is 6. The molecule has 0 aliphatic carbocycles. The maximum absolute atomic E-state index is 10.2. The third-order valence-electron chi connectivity index (χ3n) is 5.28. The Kier molecular flexibility index (Phi) is 8.35. The van der Waals surface area contributed by atoms with Gasteiger partial charge in [0.2, 0.25) is 0 Å². The number of rotatable bonds is 9. The molecule has 2 heterocycles. The van der Waals surface area contributed by atoms with Gasteiger partial charge in [-0.25, -0.2) is 0 Å². The van der Waals surface area contributed by atoms with Crippen molar-refractivity contribution in [3.63, 3.8) is 0 Å². The van der Waals surface area contributed by atoms with Gasteiger partial charge in [-0.15, -0.1) is 0 Å². The molecule has 0 amide bonds. The van der Waals surface area contributed by atoms with Crippen molar-refractivity contribution in [2.45, 2.75) is 25.5 Å². The summed E-state index contributed by atoms with van der Waals surface area (Å²) in [6.45, 7) is 8.02. The Morgan fingerprint density at radius 2 is 1.93 bits per heavy atom. The second-order valence-electron chi connectivity index (χ2n) is 7.78. The number of benzene rings is 1. The van der Waals surface area contributed by atoms with E-state index in [2.05, 4.69) is 29.0 Å². The molecule has 1 aromatic carbocycles. The van der Waals surface area contributed by atoms with E-state index < -0.39 is 6.10 Å². The van der Waals surface area contributed by atoms with E-state index in [0.717, 1.165) is 77.1 Å². The predicted molar refractivity (Wildman–Crippen MR) is 105 cm³/mol. The first-order valence-corrected chi connectivity index (χ1v) is 10.2. The zero-order chi connectivity index (χ0) is 18.9. The van der Waals surface area contributed by atoms with Gasteiger partial charge in [-0.3, -0.25) is 4.90 Å². The van der Waals surface area contributed by atoms with Crippen LogP contribution in [0.3, 0.4) is 0 Å². The van der Waals surface area contributed by atoms with Gasteiger partial charge in [0.1, 0.15) is 18.5 Å². The first kappa shape index (κ1) is 20.6. The largest absolute Gasteiger partial charge is 0.491 e. The zero-order valence-electron chi connectivity index (χ0n) is 16.5. The smallest absolute Gasteiger partial charge is 0.119 e. The van der Waals surface area contributed by atoms with Crippen molar-refractivity contribution in [3.05, 3.63) is 29.8 Å². The fraction of sp³-hybridized carbons (Fsp3) is 0.714. The maximum atomic E-state index is 10.2. The van der Waals surface area contributed by atoms with Gasteiger partial charge in [0, 0.05) is 45.9 Å². The average Bonchev–Trinajstić information content (AvgIpc) is 2.68. The van der Waals surface area contributed by atoms with Crippen molar-refractivity contribution in [2.24, 2.45) is 5.92 Å². The monoisotopic (exact) mass is 378 g/mol. The number of β-amino-alcohol motifs (C(OH)–C–C–N with tert-alkyl or cyclic N) is 1. The lowest BCUT2D eigenvalue weighted by atomic mass is 10.00. The summed E-state index contributed by atoms with van der Waals surface area (Å²) >= 11 is 0. The van der Waals surface area contributed by atoms with Gasteiger partial charge in [-0.2, -0.15) is 0 Å². The zero-order valence-corrected chi connectivity index (χ0v) is 16.5. The van der Waals surface area contributed by atoms with Crippen LogP contribution in [0.15, 0.2) is 24.3 Å². The van der Waals surface area contributed by atoms with E-state index in [-0.39, 0.29) is 0 Å². The highest BCUT2D eigenvalue weighted by Crippen LogP contribution is 2.19. The van der Waals surface area contributed by atoms with E-state index in [1.165, 1.54) is 5.56 Å². The Morgan fingerprint density at radius 1 is 1.19 bits per heavy atom. The van der Waals surface area contributed by atoms with Crippen molar-refractivity contribution >= 4 is 0 Å². The standard InChI is InChI=1S/C21H34N2O4/c1-22(14-18-5-9-25-10-6-18)15-19-3-2-4-21(13-19)27-17-20(24)16-23-7-11-26-12-8-23/h2-4,13,18,20,24H,5-12,14-17H2,1H3. The Morgan fingerprint density at radius 3 is 2.70 bits per heavy atom. The Labute approximate surface area is 163 Å². The van der Waals surface area contributed by atoms with Crippen molar-refractivity contribution < 1.29 is 19.3 Å². The fourth-order valence-electron chi connectivity index (χ4n) is 3.81. The highest BCUT2D eigenvalue weighted by molar-refractivity contribution is 5.28. The molecule has 2 fully saturated rings. The highest BCUT2D eigenvalue weighted by Gasteiger charge is 2.17. The van der Waals surface area contributed by atoms with E-state index in [9.17, 15) is 5.11 Å². The maximum Gasteiger partial charge on any atom is 0.119 e. The number of nitrogens with zero attached hydrogens (tertiary/aromatic N) is 2. The van der Waals surface area contributed by atoms with Gasteiger partial charge in [0.05, 0.1) is 13.2 Å². The quantitative estimate of drug-likeness (QED) is 0.705. The molecule has 2 saturated heterocycles. The molecule has 2 aliphatic heterocycles. The minimum atomic E-state index is -0.483. The minimum absolute atomic E-state index is 0.318. The lowest BCUT2D eigenvalue weighted by Gasteiger charge is -2.28. The third-order valence-corrected chi connectivity index (χ3v) is 5.28. The first-order valence-electron chi connectivity index (χ1n) is 10.2. The van der Waals surface area contributed by atoms with Crippen LogP contribution in [0, 0.1) is 5.92 Å². The molecule has 27 heavy (non-hydrogen) atoms. The van der Waals surface area contributed by atoms with Crippen molar-refractivity contribution in [3.8, 4) is 5.75 Å². The minimum Gasteiger partial charge on any atom is -0.491 e. The normalized spacial score (nSPS) is 20.7. The average molecular weight is 379 g/mol. The summed E-state index contributed by atoms with van der Waals surface area (Å²) in [4.78, 5) is 4.60. The molecule has 0 saturated carbocycles. The van der Waals surface area contributed by atoms with Gasteiger partial charge in [-0.1, -0.05) is 12.1 Å². The van der Waals surface area contributed by atoms with E-state index >= 15 is 0 Å². The van der Waals surface area contributed by atoms with Crippen molar-refractivity contribution in [1.29, 1.82) is 0 Å². The molecular weight excluding hydrogens is 344 g/mol. The van der Waals surface area contributed by atoms with E-state index in [0.29, 0.717) is 13.2 Å². The molecule has 1 atom stereocenters. The second kappa shape index (κ2) is 11.0. The van der Waals surface area contributed by atoms with Crippen LogP contribution in [-0.2, 0) is 16.0 Å². The van der Waals surface area contributed by atoms with Crippen LogP contribution in [0.5, 0.6) is 5.75 Å². The van der Waals surface area contributed by atoms with Crippen LogP contribution in [0.4, 0.5) is 0 Å². The molecule has 6 heteroatoms. The second-order valence-corrected chi connectivity index (χ2v) is 7.78. The summed E-state index contributed by atoms with van der Waals surface area (Å²) in [5, 5.41) is 10.2. The molecule has 0 aromatic heterocycles. The van der Waals surface area contributed by atoms with E-state index in [1.54, 1.807) is 0 Å². The summed E-state index contributed by atoms with van der Waals surface area (Å²) < 4.78 is 16.6. The lowest BCUT2D eigenvalue weighted by Crippen LogP contribution is -2.42. The molecule has 2 aliphatic rings. The first-order chi connectivity index (χ1) is 13.2. The molecule has 1 aromatic rings. The number of aliphatic hydroxyl groups excluding tert-OH is 1. The Balaban J connectivity index is 1.40. The Bertz CT molecular complexity index is 545. The number of aliphatic hydroxyl groups is 1. The fourth-order valence-corrected chi connectivity index (χ4v) is 3.81. The number of ether oxygens (including phenoxy) is 3. The van der Waals surface area contributed by atoms with Crippen molar-refractivity contribution in [1.82, 2.24) is 9.80 Å². The lowest BCUT2D eigenvalue weighted by molar-refractivity contribution is 0.00464.